The number of hydrogen-bond donors (Lipinski definition) is 1. The van der Waals surface area contributed by atoms with Gasteiger partial charge < -0.3 is 0 Å². The lowest BCUT2D eigenvalue weighted by Crippen LogP contribution is -2.27. The molecule has 12 heavy (non-hydrogen) atoms. The first-order chi connectivity index (χ1) is 5.56. The Bertz CT molecular complexity index is 233. The zero-order valence-corrected chi connectivity index (χ0v) is 8.82. The molecule has 0 aromatic carbocycles. The van der Waals surface area contributed by atoms with Crippen LogP contribution < -0.4 is 0 Å². The maximum absolute atomic E-state index is 11.7. The maximum Gasteiger partial charge on any atom is 0.0467 e. The standard InChI is InChI=1S/C9H19NOS/c1-3-12(10,11)9-6-4-5-8(2)7-9/h8-10H,3-7H2,1-2H3. The molecule has 0 amide bonds. The first kappa shape index (κ1) is 10.0. The lowest BCUT2D eigenvalue weighted by atomic mass is 9.91. The molecule has 1 aliphatic rings. The lowest BCUT2D eigenvalue weighted by molar-refractivity contribution is 0.387. The summed E-state index contributed by atoms with van der Waals surface area (Å²) in [5.41, 5.74) is 0. The first-order valence-electron chi connectivity index (χ1n) is 4.81. The molecule has 0 spiro atoms. The Balaban J connectivity index is 2.63. The van der Waals surface area contributed by atoms with E-state index in [0.29, 0.717) is 11.7 Å². The quantitative estimate of drug-likeness (QED) is 0.712. The summed E-state index contributed by atoms with van der Waals surface area (Å²) in [6, 6.07) is 0. The molecule has 0 saturated heterocycles. The van der Waals surface area contributed by atoms with Gasteiger partial charge in [0.15, 0.2) is 0 Å². The highest BCUT2D eigenvalue weighted by atomic mass is 32.2. The molecule has 2 nitrogen and oxygen atoms in total. The second-order valence-corrected chi connectivity index (χ2v) is 6.61. The maximum atomic E-state index is 11.7. The minimum Gasteiger partial charge on any atom is -0.253 e. The largest absolute Gasteiger partial charge is 0.253 e. The Hall–Kier alpha value is -0.0500. The van der Waals surface area contributed by atoms with Crippen LogP contribution in [0.3, 0.4) is 0 Å². The summed E-state index contributed by atoms with van der Waals surface area (Å²) in [6.07, 6.45) is 4.45. The molecule has 0 aromatic heterocycles. The highest BCUT2D eigenvalue weighted by molar-refractivity contribution is 7.93. The molecule has 0 heterocycles. The van der Waals surface area contributed by atoms with Crippen molar-refractivity contribution in [2.24, 2.45) is 5.92 Å². The fourth-order valence-electron chi connectivity index (χ4n) is 1.96. The van der Waals surface area contributed by atoms with E-state index in [2.05, 4.69) is 6.92 Å². The van der Waals surface area contributed by atoms with E-state index < -0.39 is 9.73 Å². The van der Waals surface area contributed by atoms with Crippen molar-refractivity contribution >= 4 is 9.73 Å². The van der Waals surface area contributed by atoms with Crippen molar-refractivity contribution in [2.45, 2.75) is 44.8 Å². The molecule has 3 heteroatoms. The molecule has 1 rings (SSSR count). The van der Waals surface area contributed by atoms with Crippen molar-refractivity contribution in [3.63, 3.8) is 0 Å². The van der Waals surface area contributed by atoms with E-state index in [0.717, 1.165) is 12.8 Å². The summed E-state index contributed by atoms with van der Waals surface area (Å²) in [5.74, 6) is 1.21. The molecular weight excluding hydrogens is 170 g/mol. The van der Waals surface area contributed by atoms with Crippen molar-refractivity contribution < 1.29 is 4.21 Å². The molecule has 1 aliphatic carbocycles. The van der Waals surface area contributed by atoms with Crippen LogP contribution in [0.2, 0.25) is 0 Å². The topological polar surface area (TPSA) is 40.9 Å². The lowest BCUT2D eigenvalue weighted by Gasteiger charge is -2.27. The van der Waals surface area contributed by atoms with E-state index in [-0.39, 0.29) is 5.25 Å². The Labute approximate surface area is 75.7 Å². The van der Waals surface area contributed by atoms with E-state index in [4.69, 9.17) is 4.78 Å². The van der Waals surface area contributed by atoms with Gasteiger partial charge in [-0.1, -0.05) is 26.7 Å². The second-order valence-electron chi connectivity index (χ2n) is 3.91. The van der Waals surface area contributed by atoms with Crippen molar-refractivity contribution in [2.75, 3.05) is 5.75 Å². The van der Waals surface area contributed by atoms with Gasteiger partial charge in [-0.25, -0.2) is 4.21 Å². The average molecular weight is 189 g/mol. The van der Waals surface area contributed by atoms with Crippen LogP contribution in [0.5, 0.6) is 0 Å². The molecular formula is C9H19NOS. The Morgan fingerprint density at radius 1 is 1.50 bits per heavy atom. The van der Waals surface area contributed by atoms with E-state index in [9.17, 15) is 4.21 Å². The molecule has 0 aliphatic heterocycles. The van der Waals surface area contributed by atoms with Gasteiger partial charge in [0.2, 0.25) is 0 Å². The molecule has 3 unspecified atom stereocenters. The van der Waals surface area contributed by atoms with Gasteiger partial charge in [0, 0.05) is 20.7 Å². The molecule has 0 radical (unpaired) electrons. The fraction of sp³-hybridized carbons (Fsp3) is 1.00. The van der Waals surface area contributed by atoms with E-state index in [1.807, 2.05) is 6.92 Å². The Kier molecular flexibility index (Phi) is 3.16. The van der Waals surface area contributed by atoms with Crippen LogP contribution in [0.4, 0.5) is 0 Å². The monoisotopic (exact) mass is 189 g/mol. The van der Waals surface area contributed by atoms with Crippen molar-refractivity contribution in [3.8, 4) is 0 Å². The smallest absolute Gasteiger partial charge is 0.0467 e. The molecule has 1 saturated carbocycles. The number of hydrogen-bond acceptors (Lipinski definition) is 2. The van der Waals surface area contributed by atoms with Gasteiger partial charge in [-0.15, -0.1) is 0 Å². The van der Waals surface area contributed by atoms with Crippen molar-refractivity contribution in [1.82, 2.24) is 0 Å². The minimum atomic E-state index is -2.25. The van der Waals surface area contributed by atoms with Crippen LogP contribution in [-0.2, 0) is 9.73 Å². The molecule has 72 valence electrons. The third kappa shape index (κ3) is 2.22. The van der Waals surface area contributed by atoms with Gasteiger partial charge >= 0.3 is 0 Å². The van der Waals surface area contributed by atoms with E-state index >= 15 is 0 Å². The highest BCUT2D eigenvalue weighted by Crippen LogP contribution is 2.28. The molecule has 1 N–H and O–H groups in total. The normalized spacial score (nSPS) is 35.8. The summed E-state index contributed by atoms with van der Waals surface area (Å²) in [5, 5.41) is 0.186. The summed E-state index contributed by atoms with van der Waals surface area (Å²) in [6.45, 7) is 4.08. The van der Waals surface area contributed by atoms with Crippen LogP contribution in [-0.4, -0.2) is 15.2 Å². The van der Waals surface area contributed by atoms with Gasteiger partial charge in [0.05, 0.1) is 0 Å². The molecule has 0 aromatic rings. The van der Waals surface area contributed by atoms with Crippen molar-refractivity contribution in [3.05, 3.63) is 0 Å². The van der Waals surface area contributed by atoms with Gasteiger partial charge in [-0.2, -0.15) is 0 Å². The van der Waals surface area contributed by atoms with Crippen LogP contribution >= 0.6 is 0 Å². The first-order valence-corrected chi connectivity index (χ1v) is 6.60. The number of rotatable bonds is 2. The SMILES string of the molecule is CCS(=N)(=O)C1CCCC(C)C1. The van der Waals surface area contributed by atoms with Crippen LogP contribution in [0.15, 0.2) is 0 Å². The summed E-state index contributed by atoms with van der Waals surface area (Å²) < 4.78 is 19.4. The predicted molar refractivity (Wildman–Crippen MR) is 52.8 cm³/mol. The molecule has 3 atom stereocenters. The fourth-order valence-corrected chi connectivity index (χ4v) is 3.62. The summed E-state index contributed by atoms with van der Waals surface area (Å²) >= 11 is 0. The molecule has 0 bridgehead atoms. The van der Waals surface area contributed by atoms with Crippen molar-refractivity contribution in [1.29, 1.82) is 4.78 Å². The highest BCUT2D eigenvalue weighted by Gasteiger charge is 2.25. The predicted octanol–water partition coefficient (Wildman–Crippen LogP) is 2.63. The third-order valence-corrected chi connectivity index (χ3v) is 5.22. The molecule has 1 fully saturated rings. The average Bonchev–Trinajstić information content (AvgIpc) is 2.05. The van der Waals surface area contributed by atoms with Crippen LogP contribution in [0.25, 0.3) is 0 Å². The minimum absolute atomic E-state index is 0.186. The second kappa shape index (κ2) is 3.77. The van der Waals surface area contributed by atoms with E-state index in [1.165, 1.54) is 12.8 Å². The van der Waals surface area contributed by atoms with Gasteiger partial charge in [0.25, 0.3) is 0 Å². The van der Waals surface area contributed by atoms with Crippen LogP contribution in [0.1, 0.15) is 39.5 Å². The summed E-state index contributed by atoms with van der Waals surface area (Å²) in [4.78, 5) is 0. The van der Waals surface area contributed by atoms with Gasteiger partial charge in [-0.05, 0) is 18.8 Å². The third-order valence-electron chi connectivity index (χ3n) is 2.86. The number of nitrogens with one attached hydrogen (secondary N) is 1. The summed E-state index contributed by atoms with van der Waals surface area (Å²) in [7, 11) is -2.25. The Morgan fingerprint density at radius 2 is 2.17 bits per heavy atom. The van der Waals surface area contributed by atoms with Crippen LogP contribution in [0, 0.1) is 10.7 Å². The Morgan fingerprint density at radius 3 is 2.67 bits per heavy atom. The van der Waals surface area contributed by atoms with Gasteiger partial charge in [-0.3, -0.25) is 4.78 Å². The zero-order valence-electron chi connectivity index (χ0n) is 8.01. The van der Waals surface area contributed by atoms with E-state index in [1.54, 1.807) is 0 Å². The zero-order chi connectivity index (χ0) is 9.19. The van der Waals surface area contributed by atoms with Gasteiger partial charge in [0.1, 0.15) is 0 Å².